The van der Waals surface area contributed by atoms with Gasteiger partial charge in [-0.05, 0) is 30.5 Å². The molecule has 0 atom stereocenters. The van der Waals surface area contributed by atoms with Crippen molar-refractivity contribution in [2.75, 3.05) is 0 Å². The highest BCUT2D eigenvalue weighted by Gasteiger charge is 2.16. The lowest BCUT2D eigenvalue weighted by Crippen LogP contribution is -2.07. The third-order valence-electron chi connectivity index (χ3n) is 4.78. The first-order valence-electron chi connectivity index (χ1n) is 8.31. The van der Waals surface area contributed by atoms with E-state index in [1.165, 1.54) is 49.6 Å². The molecule has 0 amide bonds. The van der Waals surface area contributed by atoms with Crippen molar-refractivity contribution in [2.45, 2.75) is 51.1 Å². The summed E-state index contributed by atoms with van der Waals surface area (Å²) in [6.45, 7) is 0.867. The zero-order valence-electron chi connectivity index (χ0n) is 12.9. The number of rotatable bonds is 3. The molecule has 4 nitrogen and oxygen atoms in total. The summed E-state index contributed by atoms with van der Waals surface area (Å²) < 4.78 is 4.52. The van der Waals surface area contributed by atoms with Crippen LogP contribution in [0.1, 0.15) is 50.1 Å². The number of nitrogens with zero attached hydrogens (tertiary/aromatic N) is 4. The third-order valence-corrected chi connectivity index (χ3v) is 4.78. The average molecular weight is 294 g/mol. The first-order chi connectivity index (χ1) is 10.9. The first-order valence-corrected chi connectivity index (χ1v) is 8.31. The van der Waals surface area contributed by atoms with Crippen LogP contribution in [0.3, 0.4) is 0 Å². The van der Waals surface area contributed by atoms with E-state index in [4.69, 9.17) is 0 Å². The molecule has 3 aromatic rings. The summed E-state index contributed by atoms with van der Waals surface area (Å²) >= 11 is 0. The Morgan fingerprint density at radius 3 is 2.68 bits per heavy atom. The van der Waals surface area contributed by atoms with Crippen LogP contribution >= 0.6 is 0 Å². The Morgan fingerprint density at radius 2 is 1.91 bits per heavy atom. The molecule has 114 valence electrons. The number of imidazole rings is 2. The molecule has 2 aromatic heterocycles. The van der Waals surface area contributed by atoms with Gasteiger partial charge in [0, 0.05) is 25.0 Å². The third kappa shape index (κ3) is 2.65. The Kier molecular flexibility index (Phi) is 3.67. The molecule has 0 unspecified atom stereocenters. The maximum Gasteiger partial charge on any atom is 0.0960 e. The van der Waals surface area contributed by atoms with E-state index >= 15 is 0 Å². The van der Waals surface area contributed by atoms with Gasteiger partial charge in [0.05, 0.1) is 23.7 Å². The van der Waals surface area contributed by atoms with Gasteiger partial charge >= 0.3 is 0 Å². The lowest BCUT2D eigenvalue weighted by atomic mass is 10.1. The molecule has 0 radical (unpaired) electrons. The number of aromatic nitrogens is 4. The quantitative estimate of drug-likeness (QED) is 0.679. The van der Waals surface area contributed by atoms with E-state index in [-0.39, 0.29) is 0 Å². The summed E-state index contributed by atoms with van der Waals surface area (Å²) in [5.74, 6) is 0. The molecule has 0 N–H and O–H groups in total. The normalized spacial score (nSPS) is 16.9. The van der Waals surface area contributed by atoms with Gasteiger partial charge in [-0.3, -0.25) is 0 Å². The molecule has 1 saturated carbocycles. The van der Waals surface area contributed by atoms with Crippen LogP contribution in [-0.4, -0.2) is 19.1 Å². The van der Waals surface area contributed by atoms with E-state index in [2.05, 4.69) is 37.3 Å². The Hall–Kier alpha value is -2.10. The molecule has 22 heavy (non-hydrogen) atoms. The van der Waals surface area contributed by atoms with E-state index in [0.29, 0.717) is 6.04 Å². The van der Waals surface area contributed by atoms with E-state index in [1.807, 2.05) is 25.0 Å². The van der Waals surface area contributed by atoms with Gasteiger partial charge in [-0.1, -0.05) is 31.7 Å². The van der Waals surface area contributed by atoms with Gasteiger partial charge in [0.2, 0.25) is 0 Å². The van der Waals surface area contributed by atoms with Crippen LogP contribution in [-0.2, 0) is 6.54 Å². The van der Waals surface area contributed by atoms with Crippen LogP contribution in [0.15, 0.2) is 43.2 Å². The molecule has 0 aliphatic heterocycles. The maximum atomic E-state index is 4.61. The minimum Gasteiger partial charge on any atom is -0.333 e. The first kappa shape index (κ1) is 13.6. The predicted octanol–water partition coefficient (Wildman–Crippen LogP) is 4.18. The lowest BCUT2D eigenvalue weighted by molar-refractivity contribution is 0.454. The van der Waals surface area contributed by atoms with Crippen LogP contribution in [0.4, 0.5) is 0 Å². The van der Waals surface area contributed by atoms with Gasteiger partial charge in [-0.15, -0.1) is 0 Å². The fourth-order valence-corrected chi connectivity index (χ4v) is 3.59. The molecule has 1 aromatic carbocycles. The van der Waals surface area contributed by atoms with Crippen molar-refractivity contribution in [3.8, 4) is 0 Å². The molecule has 4 heteroatoms. The largest absolute Gasteiger partial charge is 0.333 e. The molecular formula is C18H22N4. The predicted molar refractivity (Wildman–Crippen MR) is 87.8 cm³/mol. The SMILES string of the molecule is c1cn(Cc2ccc3ncn(C4CCCCCC4)c3c2)cn1. The Balaban J connectivity index is 1.66. The summed E-state index contributed by atoms with van der Waals surface area (Å²) in [5.41, 5.74) is 3.70. The van der Waals surface area contributed by atoms with Gasteiger partial charge in [0.15, 0.2) is 0 Å². The highest BCUT2D eigenvalue weighted by Crippen LogP contribution is 2.30. The number of hydrogen-bond donors (Lipinski definition) is 0. The number of fused-ring (bicyclic) bond motifs is 1. The van der Waals surface area contributed by atoms with Crippen LogP contribution in [0.5, 0.6) is 0 Å². The summed E-state index contributed by atoms with van der Waals surface area (Å²) in [7, 11) is 0. The Labute approximate surface area is 130 Å². The van der Waals surface area contributed by atoms with Crippen LogP contribution in [0.2, 0.25) is 0 Å². The second kappa shape index (κ2) is 5.95. The maximum absolute atomic E-state index is 4.61. The highest BCUT2D eigenvalue weighted by atomic mass is 15.1. The van der Waals surface area contributed by atoms with Gasteiger partial charge in [0.1, 0.15) is 0 Å². The second-order valence-electron chi connectivity index (χ2n) is 6.36. The second-order valence-corrected chi connectivity index (χ2v) is 6.36. The van der Waals surface area contributed by atoms with Crippen molar-refractivity contribution >= 4 is 11.0 Å². The lowest BCUT2D eigenvalue weighted by Gasteiger charge is -2.17. The fourth-order valence-electron chi connectivity index (χ4n) is 3.59. The molecule has 1 aliphatic carbocycles. The topological polar surface area (TPSA) is 35.6 Å². The minimum absolute atomic E-state index is 0.621. The Morgan fingerprint density at radius 1 is 1.05 bits per heavy atom. The van der Waals surface area contributed by atoms with Crippen molar-refractivity contribution in [2.24, 2.45) is 0 Å². The van der Waals surface area contributed by atoms with Crippen molar-refractivity contribution in [3.05, 3.63) is 48.8 Å². The molecule has 4 rings (SSSR count). The Bertz CT molecular complexity index is 734. The summed E-state index contributed by atoms with van der Waals surface area (Å²) in [5, 5.41) is 0. The van der Waals surface area contributed by atoms with E-state index < -0.39 is 0 Å². The fraction of sp³-hybridized carbons (Fsp3) is 0.444. The summed E-state index contributed by atoms with van der Waals surface area (Å²) in [6.07, 6.45) is 15.8. The standard InChI is InChI=1S/C18H22N4/c1-2-4-6-16(5-3-1)22-14-20-17-8-7-15(11-18(17)22)12-21-10-9-19-13-21/h7-11,13-14,16H,1-6,12H2. The van der Waals surface area contributed by atoms with Gasteiger partial charge in [0.25, 0.3) is 0 Å². The zero-order valence-corrected chi connectivity index (χ0v) is 12.9. The molecule has 1 aliphatic rings. The molecule has 2 heterocycles. The van der Waals surface area contributed by atoms with Crippen LogP contribution in [0.25, 0.3) is 11.0 Å². The zero-order chi connectivity index (χ0) is 14.8. The number of hydrogen-bond acceptors (Lipinski definition) is 2. The minimum atomic E-state index is 0.621. The molecular weight excluding hydrogens is 272 g/mol. The van der Waals surface area contributed by atoms with Gasteiger partial charge in [-0.2, -0.15) is 0 Å². The van der Waals surface area contributed by atoms with Crippen molar-refractivity contribution in [1.82, 2.24) is 19.1 Å². The van der Waals surface area contributed by atoms with Crippen molar-refractivity contribution in [1.29, 1.82) is 0 Å². The summed E-state index contributed by atoms with van der Waals surface area (Å²) in [4.78, 5) is 8.72. The van der Waals surface area contributed by atoms with E-state index in [0.717, 1.165) is 12.1 Å². The molecule has 0 bridgehead atoms. The monoisotopic (exact) mass is 294 g/mol. The van der Waals surface area contributed by atoms with Crippen LogP contribution < -0.4 is 0 Å². The number of benzene rings is 1. The summed E-state index contributed by atoms with van der Waals surface area (Å²) in [6, 6.07) is 7.24. The molecule has 0 saturated heterocycles. The van der Waals surface area contributed by atoms with Gasteiger partial charge in [-0.25, -0.2) is 9.97 Å². The van der Waals surface area contributed by atoms with Gasteiger partial charge < -0.3 is 9.13 Å². The highest BCUT2D eigenvalue weighted by molar-refractivity contribution is 5.76. The molecule has 1 fully saturated rings. The van der Waals surface area contributed by atoms with Crippen LogP contribution in [0, 0.1) is 0 Å². The average Bonchev–Trinajstić information content (AvgIpc) is 3.11. The molecule has 0 spiro atoms. The van der Waals surface area contributed by atoms with E-state index in [9.17, 15) is 0 Å². The smallest absolute Gasteiger partial charge is 0.0960 e. The van der Waals surface area contributed by atoms with Crippen molar-refractivity contribution in [3.63, 3.8) is 0 Å². The van der Waals surface area contributed by atoms with Crippen molar-refractivity contribution < 1.29 is 0 Å². The van der Waals surface area contributed by atoms with E-state index in [1.54, 1.807) is 0 Å².